The lowest BCUT2D eigenvalue weighted by molar-refractivity contribution is -0.380. The molecule has 0 aliphatic carbocycles. The van der Waals surface area contributed by atoms with E-state index in [1.807, 2.05) is 159 Å². The number of esters is 4. The average molecular weight is 1150 g/mol. The van der Waals surface area contributed by atoms with Crippen LogP contribution in [0.1, 0.15) is 69.4 Å². The number of carbonyl (C=O) groups is 5. The van der Waals surface area contributed by atoms with Gasteiger partial charge in [0.15, 0.2) is 37.2 Å². The smallest absolute Gasteiger partial charge is 0.303 e. The van der Waals surface area contributed by atoms with Gasteiger partial charge in [-0.1, -0.05) is 152 Å². The summed E-state index contributed by atoms with van der Waals surface area (Å²) in [6.45, 7) is 7.42. The molecule has 1 amide bonds. The number of carbonyl (C=O) groups excluding carboxylic acids is 5. The predicted octanol–water partition coefficient (Wildman–Crippen LogP) is 7.00. The molecule has 20 nitrogen and oxygen atoms in total. The molecule has 0 radical (unpaired) electrons. The van der Waals surface area contributed by atoms with Crippen LogP contribution in [0, 0.1) is 0 Å². The van der Waals surface area contributed by atoms with Crippen LogP contribution in [-0.4, -0.2) is 135 Å². The Bertz CT molecular complexity index is 2800. The Hall–Kier alpha value is -6.95. The van der Waals surface area contributed by atoms with E-state index >= 15 is 0 Å². The molecule has 83 heavy (non-hydrogen) atoms. The third-order valence-electron chi connectivity index (χ3n) is 13.8. The maximum Gasteiger partial charge on any atom is 0.303 e. The average Bonchev–Trinajstić information content (AvgIpc) is 3.67. The lowest BCUT2D eigenvalue weighted by Gasteiger charge is -2.51. The third kappa shape index (κ3) is 18.3. The Morgan fingerprint density at radius 3 is 1.27 bits per heavy atom. The van der Waals surface area contributed by atoms with Crippen molar-refractivity contribution in [3.63, 3.8) is 0 Å². The number of amides is 1. The quantitative estimate of drug-likeness (QED) is 0.0434. The van der Waals surface area contributed by atoms with Crippen LogP contribution in [0.15, 0.2) is 152 Å². The van der Waals surface area contributed by atoms with Crippen LogP contribution in [-0.2, 0) is 123 Å². The second kappa shape index (κ2) is 31.1. The van der Waals surface area contributed by atoms with Crippen LogP contribution in [0.3, 0.4) is 0 Å². The van der Waals surface area contributed by atoms with Gasteiger partial charge in [0.1, 0.15) is 55.4 Å². The second-order valence-corrected chi connectivity index (χ2v) is 20.3. The molecule has 444 valence electrons. The second-order valence-electron chi connectivity index (χ2n) is 20.3. The Morgan fingerprint density at radius 1 is 0.386 bits per heavy atom. The van der Waals surface area contributed by atoms with Crippen molar-refractivity contribution in [2.24, 2.45) is 0 Å². The summed E-state index contributed by atoms with van der Waals surface area (Å²) < 4.78 is 91.6. The van der Waals surface area contributed by atoms with Gasteiger partial charge in [-0.2, -0.15) is 0 Å². The van der Waals surface area contributed by atoms with Crippen LogP contribution in [0.4, 0.5) is 0 Å². The van der Waals surface area contributed by atoms with Gasteiger partial charge < -0.3 is 71.6 Å². The first kappa shape index (κ1) is 62.1. The summed E-state index contributed by atoms with van der Waals surface area (Å²) >= 11 is 0. The van der Waals surface area contributed by atoms with Gasteiger partial charge in [0.25, 0.3) is 0 Å². The molecule has 0 aromatic heterocycles. The summed E-state index contributed by atoms with van der Waals surface area (Å²) in [5.41, 5.74) is 4.21. The number of ether oxygens (including phenoxy) is 14. The van der Waals surface area contributed by atoms with E-state index < -0.39 is 128 Å². The molecule has 20 heteroatoms. The van der Waals surface area contributed by atoms with Gasteiger partial charge in [-0.3, -0.25) is 24.0 Å². The molecule has 3 heterocycles. The Morgan fingerprint density at radius 2 is 0.783 bits per heavy atom. The highest BCUT2D eigenvalue weighted by Gasteiger charge is 2.58. The maximum atomic E-state index is 13.7. The molecule has 0 bridgehead atoms. The lowest BCUT2D eigenvalue weighted by Crippen LogP contribution is -2.70. The van der Waals surface area contributed by atoms with Crippen molar-refractivity contribution >= 4 is 29.8 Å². The molecule has 8 rings (SSSR count). The normalized spacial score (nSPS) is 27.8. The topological polar surface area (TPSA) is 227 Å². The summed E-state index contributed by atoms with van der Waals surface area (Å²) in [5, 5.41) is 3.02. The molecule has 1 N–H and O–H groups in total. The number of hydrogen-bond donors (Lipinski definition) is 1. The Kier molecular flexibility index (Phi) is 23.3. The van der Waals surface area contributed by atoms with Crippen LogP contribution in [0.25, 0.3) is 0 Å². The van der Waals surface area contributed by atoms with Crippen LogP contribution in [0.5, 0.6) is 0 Å². The molecule has 15 atom stereocenters. The molecule has 5 aromatic rings. The van der Waals surface area contributed by atoms with Gasteiger partial charge in [0.05, 0.1) is 45.7 Å². The zero-order valence-corrected chi connectivity index (χ0v) is 47.3. The molecule has 3 fully saturated rings. The molecule has 1 unspecified atom stereocenters. The molecule has 0 saturated carbocycles. The van der Waals surface area contributed by atoms with E-state index in [-0.39, 0.29) is 39.6 Å². The largest absolute Gasteiger partial charge is 0.463 e. The summed E-state index contributed by atoms with van der Waals surface area (Å²) in [5.74, 6) is -3.77. The van der Waals surface area contributed by atoms with Gasteiger partial charge in [-0.15, -0.1) is 0 Å². The van der Waals surface area contributed by atoms with Crippen LogP contribution < -0.4 is 5.32 Å². The minimum absolute atomic E-state index is 0.00667. The van der Waals surface area contributed by atoms with Crippen molar-refractivity contribution in [3.05, 3.63) is 179 Å². The van der Waals surface area contributed by atoms with Crippen molar-refractivity contribution < 1.29 is 90.3 Å². The third-order valence-corrected chi connectivity index (χ3v) is 13.8. The van der Waals surface area contributed by atoms with Crippen LogP contribution >= 0.6 is 0 Å². The maximum absolute atomic E-state index is 13.7. The SMILES string of the molecule is CC(=O)N[C@H]1[C@@H](OCc2ccccc2)O[C@H](COCc2ccccc2)[C@@H](O[C@@H]2O[C@H](COC(C)=O)[C@H](OC(C)=O)[C@H](OC(C)=O)[C@H]2OC(C)=O)[C@@H]1OC1O[C@@H](C)[C@@H](OCc2ccccc2)[C@@H](OCc2ccccc2)[C@@H]1OCc1ccccc1. The Balaban J connectivity index is 1.26. The van der Waals surface area contributed by atoms with E-state index in [1.165, 1.54) is 13.8 Å². The van der Waals surface area contributed by atoms with Crippen molar-refractivity contribution in [3.8, 4) is 0 Å². The summed E-state index contributed by atoms with van der Waals surface area (Å²) in [4.78, 5) is 65.1. The monoisotopic (exact) mass is 1150 g/mol. The van der Waals surface area contributed by atoms with E-state index in [2.05, 4.69) is 5.32 Å². The molecule has 3 aliphatic heterocycles. The van der Waals surface area contributed by atoms with Gasteiger partial charge in [-0.25, -0.2) is 0 Å². The van der Waals surface area contributed by atoms with Crippen LogP contribution in [0.2, 0.25) is 0 Å². The van der Waals surface area contributed by atoms with E-state index in [0.717, 1.165) is 48.6 Å². The Labute approximate surface area is 483 Å². The first-order valence-corrected chi connectivity index (χ1v) is 27.6. The first-order valence-electron chi connectivity index (χ1n) is 27.6. The standard InChI is InChI=1S/C63H73NO19/c1-39-53(72-33-46-24-14-8-15-25-46)57(73-34-47-26-16-9-17-27-47)59(74-35-48-28-18-10-19-29-48)62(76-39)83-56-52(64-40(2)65)61(75-36-49-30-20-11-21-31-49)80-50(37-70-32-45-22-12-7-13-23-45)54(56)82-63-60(79-44(6)69)58(78-43(5)68)55(77-42(4)67)51(81-63)38-71-41(3)66/h7-31,39,50-63H,32-38H2,1-6H3,(H,64,65)/t39-,50+,51+,52+,53+,54+,55-,56+,57+,58-,59-,60+,61-,62?,63-/m0/s1. The van der Waals surface area contributed by atoms with Gasteiger partial charge in [0.2, 0.25) is 5.91 Å². The van der Waals surface area contributed by atoms with Gasteiger partial charge in [-0.05, 0) is 34.7 Å². The minimum atomic E-state index is -1.76. The van der Waals surface area contributed by atoms with Gasteiger partial charge >= 0.3 is 23.9 Å². The predicted molar refractivity (Wildman–Crippen MR) is 295 cm³/mol. The van der Waals surface area contributed by atoms with E-state index in [0.29, 0.717) is 0 Å². The highest BCUT2D eigenvalue weighted by atomic mass is 16.8. The highest BCUT2D eigenvalue weighted by molar-refractivity contribution is 5.73. The lowest BCUT2D eigenvalue weighted by atomic mass is 9.94. The zero-order chi connectivity index (χ0) is 58.7. The zero-order valence-electron chi connectivity index (χ0n) is 47.3. The fraction of sp³-hybridized carbons (Fsp3) is 0.444. The number of benzene rings is 5. The van der Waals surface area contributed by atoms with Crippen molar-refractivity contribution in [2.45, 2.75) is 167 Å². The van der Waals surface area contributed by atoms with E-state index in [1.54, 1.807) is 0 Å². The number of nitrogens with one attached hydrogen (secondary N) is 1. The van der Waals surface area contributed by atoms with Crippen molar-refractivity contribution in [1.29, 1.82) is 0 Å². The fourth-order valence-electron chi connectivity index (χ4n) is 10.1. The molecule has 3 aliphatic rings. The van der Waals surface area contributed by atoms with Crippen molar-refractivity contribution in [2.75, 3.05) is 13.2 Å². The summed E-state index contributed by atoms with van der Waals surface area (Å²) in [7, 11) is 0. The molecule has 5 aromatic carbocycles. The fourth-order valence-corrected chi connectivity index (χ4v) is 10.1. The molecular weight excluding hydrogens is 1070 g/mol. The summed E-state index contributed by atoms with van der Waals surface area (Å²) in [6, 6.07) is 46.3. The van der Waals surface area contributed by atoms with E-state index in [9.17, 15) is 24.0 Å². The minimum Gasteiger partial charge on any atom is -0.463 e. The molecule has 0 spiro atoms. The number of hydrogen-bond acceptors (Lipinski definition) is 19. The summed E-state index contributed by atoms with van der Waals surface area (Å²) in [6.07, 6.45) is -18.2. The van der Waals surface area contributed by atoms with E-state index in [4.69, 9.17) is 66.3 Å². The first-order chi connectivity index (χ1) is 40.2. The molecule has 3 saturated heterocycles. The van der Waals surface area contributed by atoms with Gasteiger partial charge in [0, 0.05) is 34.6 Å². The number of rotatable bonds is 26. The highest BCUT2D eigenvalue weighted by Crippen LogP contribution is 2.38. The molecular formula is C63H73NO19. The van der Waals surface area contributed by atoms with Crippen molar-refractivity contribution in [1.82, 2.24) is 5.32 Å².